The molecule has 0 unspecified atom stereocenters. The molecule has 6 heteroatoms. The predicted molar refractivity (Wildman–Crippen MR) is 45.7 cm³/mol. The Hall–Kier alpha value is -1.30. The lowest BCUT2D eigenvalue weighted by molar-refractivity contribution is 0.270. The van der Waals surface area contributed by atoms with Crippen molar-refractivity contribution in [3.63, 3.8) is 0 Å². The van der Waals surface area contributed by atoms with E-state index in [9.17, 15) is 0 Å². The molecule has 0 saturated carbocycles. The standard InChI is InChI=1S/C6H13N5O/c1-2-8-6-9-5(7)11(10-6)3-4-12/h12H,2-4H2,1H3,(H3,7,8,9,10). The summed E-state index contributed by atoms with van der Waals surface area (Å²) in [6.07, 6.45) is 0. The first-order chi connectivity index (χ1) is 5.77. The van der Waals surface area contributed by atoms with Gasteiger partial charge in [-0.2, -0.15) is 4.98 Å². The van der Waals surface area contributed by atoms with Gasteiger partial charge in [-0.25, -0.2) is 4.68 Å². The average molecular weight is 171 g/mol. The molecule has 0 aliphatic rings. The van der Waals surface area contributed by atoms with E-state index in [-0.39, 0.29) is 6.61 Å². The molecule has 1 aromatic heterocycles. The zero-order chi connectivity index (χ0) is 8.97. The van der Waals surface area contributed by atoms with Gasteiger partial charge in [-0.15, -0.1) is 5.10 Å². The van der Waals surface area contributed by atoms with Gasteiger partial charge in [0.2, 0.25) is 11.9 Å². The molecule has 0 amide bonds. The number of nitrogens with one attached hydrogen (secondary N) is 1. The summed E-state index contributed by atoms with van der Waals surface area (Å²) in [6.45, 7) is 3.09. The summed E-state index contributed by atoms with van der Waals surface area (Å²) in [5.41, 5.74) is 5.50. The van der Waals surface area contributed by atoms with Gasteiger partial charge in [0.1, 0.15) is 0 Å². The first-order valence-electron chi connectivity index (χ1n) is 3.83. The van der Waals surface area contributed by atoms with Gasteiger partial charge in [0.15, 0.2) is 0 Å². The fourth-order valence-corrected chi connectivity index (χ4v) is 0.846. The van der Waals surface area contributed by atoms with E-state index in [2.05, 4.69) is 15.4 Å². The maximum absolute atomic E-state index is 8.62. The average Bonchev–Trinajstić information content (AvgIpc) is 2.34. The molecule has 0 spiro atoms. The number of aliphatic hydroxyl groups excluding tert-OH is 1. The molecule has 0 saturated heterocycles. The van der Waals surface area contributed by atoms with Crippen LogP contribution in [0.25, 0.3) is 0 Å². The minimum Gasteiger partial charge on any atom is -0.394 e. The van der Waals surface area contributed by atoms with Crippen molar-refractivity contribution in [2.75, 3.05) is 24.2 Å². The van der Waals surface area contributed by atoms with Crippen LogP contribution in [0.15, 0.2) is 0 Å². The van der Waals surface area contributed by atoms with Gasteiger partial charge < -0.3 is 16.2 Å². The molecular formula is C6H13N5O. The molecule has 0 fully saturated rings. The Morgan fingerprint density at radius 2 is 2.42 bits per heavy atom. The third-order valence-corrected chi connectivity index (χ3v) is 1.35. The second-order valence-corrected chi connectivity index (χ2v) is 2.27. The Labute approximate surface area is 70.4 Å². The molecule has 0 aromatic carbocycles. The van der Waals surface area contributed by atoms with Gasteiger partial charge in [0.05, 0.1) is 13.2 Å². The minimum absolute atomic E-state index is 0.0130. The van der Waals surface area contributed by atoms with Crippen LogP contribution in [0.1, 0.15) is 6.92 Å². The molecule has 1 heterocycles. The molecular weight excluding hydrogens is 158 g/mol. The van der Waals surface area contributed by atoms with Gasteiger partial charge in [-0.05, 0) is 6.92 Å². The number of rotatable bonds is 4. The molecule has 68 valence electrons. The molecule has 1 rings (SSSR count). The van der Waals surface area contributed by atoms with Crippen molar-refractivity contribution in [1.29, 1.82) is 0 Å². The van der Waals surface area contributed by atoms with Crippen LogP contribution in [0.4, 0.5) is 11.9 Å². The topological polar surface area (TPSA) is 89.0 Å². The quantitative estimate of drug-likeness (QED) is 0.556. The van der Waals surface area contributed by atoms with Crippen LogP contribution in [-0.4, -0.2) is 33.0 Å². The number of nitrogens with two attached hydrogens (primary N) is 1. The van der Waals surface area contributed by atoms with Crippen molar-refractivity contribution in [3.05, 3.63) is 0 Å². The molecule has 1 aromatic rings. The summed E-state index contributed by atoms with van der Waals surface area (Å²) >= 11 is 0. The lowest BCUT2D eigenvalue weighted by atomic mass is 10.7. The van der Waals surface area contributed by atoms with Gasteiger partial charge in [-0.1, -0.05) is 0 Å². The summed E-state index contributed by atoms with van der Waals surface area (Å²) in [5.74, 6) is 0.823. The lowest BCUT2D eigenvalue weighted by Crippen LogP contribution is -2.08. The highest BCUT2D eigenvalue weighted by Crippen LogP contribution is 2.03. The molecule has 12 heavy (non-hydrogen) atoms. The summed E-state index contributed by atoms with van der Waals surface area (Å²) in [7, 11) is 0. The highest BCUT2D eigenvalue weighted by atomic mass is 16.3. The maximum Gasteiger partial charge on any atom is 0.243 e. The fraction of sp³-hybridized carbons (Fsp3) is 0.667. The number of hydrogen-bond donors (Lipinski definition) is 3. The summed E-state index contributed by atoms with van der Waals surface area (Å²) in [5, 5.41) is 15.5. The second-order valence-electron chi connectivity index (χ2n) is 2.27. The van der Waals surface area contributed by atoms with Crippen molar-refractivity contribution >= 4 is 11.9 Å². The zero-order valence-corrected chi connectivity index (χ0v) is 6.99. The normalized spacial score (nSPS) is 10.2. The smallest absolute Gasteiger partial charge is 0.243 e. The highest BCUT2D eigenvalue weighted by Gasteiger charge is 2.03. The minimum atomic E-state index is 0.0130. The first-order valence-corrected chi connectivity index (χ1v) is 3.83. The third-order valence-electron chi connectivity index (χ3n) is 1.35. The second kappa shape index (κ2) is 3.91. The van der Waals surface area contributed by atoms with E-state index in [0.717, 1.165) is 6.54 Å². The van der Waals surface area contributed by atoms with Crippen LogP contribution in [0.5, 0.6) is 0 Å². The Bertz CT molecular complexity index is 246. The lowest BCUT2D eigenvalue weighted by Gasteiger charge is -1.96. The Morgan fingerprint density at radius 1 is 1.67 bits per heavy atom. The first kappa shape index (κ1) is 8.79. The van der Waals surface area contributed by atoms with E-state index in [1.807, 2.05) is 6.92 Å². The van der Waals surface area contributed by atoms with Crippen molar-refractivity contribution in [2.24, 2.45) is 0 Å². The van der Waals surface area contributed by atoms with E-state index >= 15 is 0 Å². The van der Waals surface area contributed by atoms with Crippen LogP contribution in [0, 0.1) is 0 Å². The molecule has 6 nitrogen and oxygen atoms in total. The number of aromatic nitrogens is 3. The van der Waals surface area contributed by atoms with Crippen LogP contribution in [-0.2, 0) is 6.54 Å². The number of anilines is 2. The summed E-state index contributed by atoms with van der Waals surface area (Å²) < 4.78 is 1.46. The van der Waals surface area contributed by atoms with E-state index in [4.69, 9.17) is 10.8 Å². The highest BCUT2D eigenvalue weighted by molar-refractivity contribution is 5.30. The summed E-state index contributed by atoms with van der Waals surface area (Å²) in [4.78, 5) is 3.93. The third kappa shape index (κ3) is 1.85. The van der Waals surface area contributed by atoms with Crippen LogP contribution in [0.3, 0.4) is 0 Å². The van der Waals surface area contributed by atoms with Gasteiger partial charge in [-0.3, -0.25) is 0 Å². The molecule has 0 aliphatic carbocycles. The van der Waals surface area contributed by atoms with E-state index in [0.29, 0.717) is 18.4 Å². The number of nitrogen functional groups attached to an aromatic ring is 1. The van der Waals surface area contributed by atoms with Crippen LogP contribution in [0.2, 0.25) is 0 Å². The van der Waals surface area contributed by atoms with Crippen molar-refractivity contribution in [2.45, 2.75) is 13.5 Å². The van der Waals surface area contributed by atoms with E-state index in [1.165, 1.54) is 4.68 Å². The molecule has 0 bridgehead atoms. The number of aliphatic hydroxyl groups is 1. The van der Waals surface area contributed by atoms with Gasteiger partial charge in [0, 0.05) is 6.54 Å². The molecule has 0 aliphatic heterocycles. The SMILES string of the molecule is CCNc1nc(N)n(CCO)n1. The molecule has 4 N–H and O–H groups in total. The van der Waals surface area contributed by atoms with Crippen molar-refractivity contribution in [3.8, 4) is 0 Å². The Balaban J connectivity index is 2.70. The molecule has 0 radical (unpaired) electrons. The molecule has 0 atom stereocenters. The summed E-state index contributed by atoms with van der Waals surface area (Å²) in [6, 6.07) is 0. The van der Waals surface area contributed by atoms with E-state index < -0.39 is 0 Å². The zero-order valence-electron chi connectivity index (χ0n) is 6.99. The Kier molecular flexibility index (Phi) is 2.87. The van der Waals surface area contributed by atoms with Crippen LogP contribution < -0.4 is 11.1 Å². The van der Waals surface area contributed by atoms with Crippen LogP contribution >= 0.6 is 0 Å². The fourth-order valence-electron chi connectivity index (χ4n) is 0.846. The number of hydrogen-bond acceptors (Lipinski definition) is 5. The largest absolute Gasteiger partial charge is 0.394 e. The maximum atomic E-state index is 8.62. The van der Waals surface area contributed by atoms with Gasteiger partial charge in [0.25, 0.3) is 0 Å². The predicted octanol–water partition coefficient (Wildman–Crippen LogP) is -0.716. The van der Waals surface area contributed by atoms with Crippen molar-refractivity contribution < 1.29 is 5.11 Å². The van der Waals surface area contributed by atoms with Gasteiger partial charge >= 0.3 is 0 Å². The Morgan fingerprint density at radius 3 is 3.00 bits per heavy atom. The van der Waals surface area contributed by atoms with Crippen molar-refractivity contribution in [1.82, 2.24) is 14.8 Å². The van der Waals surface area contributed by atoms with E-state index in [1.54, 1.807) is 0 Å². The number of nitrogens with zero attached hydrogens (tertiary/aromatic N) is 3. The monoisotopic (exact) mass is 171 g/mol.